The van der Waals surface area contributed by atoms with E-state index >= 15 is 0 Å². The van der Waals surface area contributed by atoms with Crippen LogP contribution in [0.4, 0.5) is 10.1 Å². The van der Waals surface area contributed by atoms with Crippen LogP contribution in [0.3, 0.4) is 0 Å². The maximum atomic E-state index is 13.6. The van der Waals surface area contributed by atoms with E-state index in [4.69, 9.17) is 0 Å². The van der Waals surface area contributed by atoms with E-state index < -0.39 is 23.4 Å². The van der Waals surface area contributed by atoms with E-state index in [2.05, 4.69) is 15.6 Å². The highest BCUT2D eigenvalue weighted by molar-refractivity contribution is 6.08. The van der Waals surface area contributed by atoms with Crippen LogP contribution < -0.4 is 16.2 Å². The molecule has 3 N–H and O–H groups in total. The Balaban J connectivity index is 1.67. The second kappa shape index (κ2) is 12.9. The first-order valence-electron chi connectivity index (χ1n) is 12.9. The van der Waals surface area contributed by atoms with Crippen molar-refractivity contribution in [3.8, 4) is 0 Å². The molecule has 0 saturated heterocycles. The van der Waals surface area contributed by atoms with E-state index in [-0.39, 0.29) is 35.0 Å². The summed E-state index contributed by atoms with van der Waals surface area (Å²) in [6.45, 7) is 1.73. The van der Waals surface area contributed by atoms with Gasteiger partial charge in [0.05, 0.1) is 18.2 Å². The number of aromatic nitrogens is 2. The fourth-order valence-electron chi connectivity index (χ4n) is 4.26. The van der Waals surface area contributed by atoms with Gasteiger partial charge in [0.25, 0.3) is 5.56 Å². The summed E-state index contributed by atoms with van der Waals surface area (Å²) in [6.07, 6.45) is 3.82. The fourth-order valence-corrected chi connectivity index (χ4v) is 4.26. The summed E-state index contributed by atoms with van der Waals surface area (Å²) >= 11 is 0. The number of nitrogens with one attached hydrogen (secondary N) is 2. The fraction of sp³-hybridized carbons (Fsp3) is 0.194. The first-order chi connectivity index (χ1) is 19.7. The number of rotatable bonds is 11. The molecule has 1 atom stereocenters. The predicted molar refractivity (Wildman–Crippen MR) is 152 cm³/mol. The summed E-state index contributed by atoms with van der Waals surface area (Å²) in [5.74, 6) is -2.19. The standard InChI is InChI=1S/C31H29FN4O5/c1-19(33-2)29(38)35-27-13-12-26(11-6-20-4-3-5-23(14-20)31(40)41)36(30(27)39)18-21-15-24(17-34-16-21)28(37)22-7-9-25(32)10-8-22/h3-5,7-10,12-17,19,33H,6,11,18H2,1-2H3,(H,35,38)(H,40,41)/t19-/m0/s1. The maximum absolute atomic E-state index is 13.6. The number of aromatic carboxylic acids is 1. The average Bonchev–Trinajstić information content (AvgIpc) is 2.98. The van der Waals surface area contributed by atoms with Gasteiger partial charge in [-0.3, -0.25) is 19.4 Å². The second-order valence-electron chi connectivity index (χ2n) is 9.55. The van der Waals surface area contributed by atoms with Gasteiger partial charge in [0.1, 0.15) is 11.5 Å². The monoisotopic (exact) mass is 556 g/mol. The van der Waals surface area contributed by atoms with Gasteiger partial charge in [-0.1, -0.05) is 12.1 Å². The van der Waals surface area contributed by atoms with E-state index in [1.807, 2.05) is 6.07 Å². The number of hydrogen-bond donors (Lipinski definition) is 3. The Kier molecular flexibility index (Phi) is 9.15. The quantitative estimate of drug-likeness (QED) is 0.240. The Bertz CT molecular complexity index is 1650. The zero-order chi connectivity index (χ0) is 29.5. The minimum absolute atomic E-state index is 0.0617. The molecule has 0 radical (unpaired) electrons. The van der Waals surface area contributed by atoms with Gasteiger partial charge in [-0.2, -0.15) is 0 Å². The summed E-state index contributed by atoms with van der Waals surface area (Å²) in [5, 5.41) is 14.8. The van der Waals surface area contributed by atoms with Gasteiger partial charge in [0.2, 0.25) is 5.91 Å². The number of likely N-dealkylation sites (N-methyl/N-ethyl adjacent to an activating group) is 1. The number of anilines is 1. The van der Waals surface area contributed by atoms with Crippen LogP contribution in [0.1, 0.15) is 50.0 Å². The Morgan fingerprint density at radius 2 is 1.66 bits per heavy atom. The number of hydrogen-bond acceptors (Lipinski definition) is 6. The van der Waals surface area contributed by atoms with Crippen LogP contribution in [0.15, 0.2) is 83.9 Å². The van der Waals surface area contributed by atoms with Gasteiger partial charge in [-0.15, -0.1) is 0 Å². The van der Waals surface area contributed by atoms with E-state index in [0.717, 1.165) is 5.56 Å². The number of amides is 1. The predicted octanol–water partition coefficient (Wildman–Crippen LogP) is 3.69. The lowest BCUT2D eigenvalue weighted by molar-refractivity contribution is -0.117. The molecule has 0 fully saturated rings. The Morgan fingerprint density at radius 3 is 2.37 bits per heavy atom. The van der Waals surface area contributed by atoms with E-state index in [9.17, 15) is 28.7 Å². The van der Waals surface area contributed by atoms with E-state index in [1.54, 1.807) is 50.5 Å². The zero-order valence-corrected chi connectivity index (χ0v) is 22.6. The van der Waals surface area contributed by atoms with Crippen LogP contribution in [-0.4, -0.2) is 45.4 Å². The van der Waals surface area contributed by atoms with Gasteiger partial charge in [0.15, 0.2) is 5.78 Å². The van der Waals surface area contributed by atoms with Crippen molar-refractivity contribution in [1.29, 1.82) is 0 Å². The summed E-state index contributed by atoms with van der Waals surface area (Å²) in [6, 6.07) is 16.2. The highest BCUT2D eigenvalue weighted by Crippen LogP contribution is 2.16. The number of benzene rings is 2. The van der Waals surface area contributed by atoms with Crippen molar-refractivity contribution >= 4 is 23.3 Å². The molecule has 41 heavy (non-hydrogen) atoms. The van der Waals surface area contributed by atoms with Crippen LogP contribution in [0, 0.1) is 5.82 Å². The number of aryl methyl sites for hydroxylation is 2. The van der Waals surface area contributed by atoms with E-state index in [1.165, 1.54) is 41.1 Å². The highest BCUT2D eigenvalue weighted by atomic mass is 19.1. The number of carboxylic acids is 1. The van der Waals surface area contributed by atoms with Gasteiger partial charge in [-0.05, 0) is 92.5 Å². The molecule has 2 aromatic heterocycles. The number of ketones is 1. The van der Waals surface area contributed by atoms with Crippen molar-refractivity contribution in [2.75, 3.05) is 12.4 Å². The summed E-state index contributed by atoms with van der Waals surface area (Å²) in [7, 11) is 1.64. The molecule has 4 aromatic rings. The van der Waals surface area contributed by atoms with Gasteiger partial charge >= 0.3 is 5.97 Å². The third-order valence-electron chi connectivity index (χ3n) is 6.70. The van der Waals surface area contributed by atoms with Crippen molar-refractivity contribution in [1.82, 2.24) is 14.9 Å². The van der Waals surface area contributed by atoms with Crippen LogP contribution in [0.25, 0.3) is 0 Å². The molecular weight excluding hydrogens is 527 g/mol. The molecule has 0 aliphatic rings. The Labute approximate surface area is 235 Å². The second-order valence-corrected chi connectivity index (χ2v) is 9.55. The van der Waals surface area contributed by atoms with Crippen LogP contribution in [0.5, 0.6) is 0 Å². The number of carboxylic acid groups (broad SMARTS) is 1. The number of halogens is 1. The molecule has 0 bridgehead atoms. The van der Waals surface area contributed by atoms with Crippen LogP contribution in [-0.2, 0) is 24.2 Å². The number of carbonyl (C=O) groups is 3. The largest absolute Gasteiger partial charge is 0.478 e. The van der Waals surface area contributed by atoms with Gasteiger partial charge in [-0.25, -0.2) is 9.18 Å². The summed E-state index contributed by atoms with van der Waals surface area (Å²) in [5.41, 5.74) is 2.42. The lowest BCUT2D eigenvalue weighted by Crippen LogP contribution is -2.38. The lowest BCUT2D eigenvalue weighted by atomic mass is 10.0. The number of carbonyl (C=O) groups excluding carboxylic acids is 2. The molecule has 1 amide bonds. The molecule has 10 heteroatoms. The summed E-state index contributed by atoms with van der Waals surface area (Å²) < 4.78 is 14.8. The average molecular weight is 557 g/mol. The Morgan fingerprint density at radius 1 is 0.927 bits per heavy atom. The lowest BCUT2D eigenvalue weighted by Gasteiger charge is -2.17. The number of pyridine rings is 2. The third-order valence-corrected chi connectivity index (χ3v) is 6.70. The molecule has 9 nitrogen and oxygen atoms in total. The zero-order valence-electron chi connectivity index (χ0n) is 22.6. The maximum Gasteiger partial charge on any atom is 0.335 e. The molecule has 0 aliphatic carbocycles. The first-order valence-corrected chi connectivity index (χ1v) is 12.9. The number of nitrogens with zero attached hydrogens (tertiary/aromatic N) is 2. The molecule has 4 rings (SSSR count). The minimum Gasteiger partial charge on any atom is -0.478 e. The summed E-state index contributed by atoms with van der Waals surface area (Å²) in [4.78, 5) is 54.6. The van der Waals surface area contributed by atoms with Crippen molar-refractivity contribution < 1.29 is 23.9 Å². The normalized spacial score (nSPS) is 11.6. The Hall–Kier alpha value is -4.96. The molecule has 0 saturated carbocycles. The molecule has 0 unspecified atom stereocenters. The van der Waals surface area contributed by atoms with Crippen LogP contribution >= 0.6 is 0 Å². The SMILES string of the molecule is CN[C@@H](C)C(=O)Nc1ccc(CCc2cccc(C(=O)O)c2)n(Cc2cncc(C(=O)c3ccc(F)cc3)c2)c1=O. The van der Waals surface area contributed by atoms with Crippen molar-refractivity contribution in [3.63, 3.8) is 0 Å². The van der Waals surface area contributed by atoms with Crippen LogP contribution in [0.2, 0.25) is 0 Å². The van der Waals surface area contributed by atoms with Crippen molar-refractivity contribution in [2.45, 2.75) is 32.4 Å². The topological polar surface area (TPSA) is 130 Å². The third kappa shape index (κ3) is 7.17. The first kappa shape index (κ1) is 29.0. The van der Waals surface area contributed by atoms with Gasteiger partial charge in [0, 0.05) is 29.2 Å². The molecule has 2 heterocycles. The minimum atomic E-state index is -1.03. The molecule has 0 spiro atoms. The van der Waals surface area contributed by atoms with Crippen molar-refractivity contribution in [2.24, 2.45) is 0 Å². The van der Waals surface area contributed by atoms with E-state index in [0.29, 0.717) is 29.7 Å². The smallest absolute Gasteiger partial charge is 0.335 e. The van der Waals surface area contributed by atoms with Crippen molar-refractivity contribution in [3.05, 3.63) is 129 Å². The molecular formula is C31H29FN4O5. The highest BCUT2D eigenvalue weighted by Gasteiger charge is 2.17. The molecule has 2 aromatic carbocycles. The molecule has 210 valence electrons. The molecule has 0 aliphatic heterocycles. The van der Waals surface area contributed by atoms with Gasteiger partial charge < -0.3 is 20.3 Å².